The van der Waals surface area contributed by atoms with Crippen LogP contribution in [0.25, 0.3) is 6.08 Å². The minimum absolute atomic E-state index is 0.109. The van der Waals surface area contributed by atoms with Crippen molar-refractivity contribution in [3.63, 3.8) is 0 Å². The van der Waals surface area contributed by atoms with Crippen molar-refractivity contribution in [3.8, 4) is 11.5 Å². The maximum atomic E-state index is 12.3. The van der Waals surface area contributed by atoms with E-state index in [9.17, 15) is 4.79 Å². The van der Waals surface area contributed by atoms with Crippen molar-refractivity contribution < 1.29 is 14.3 Å². The van der Waals surface area contributed by atoms with Gasteiger partial charge >= 0.3 is 0 Å². The first-order valence-electron chi connectivity index (χ1n) is 9.75. The number of ether oxygens (including phenoxy) is 2. The van der Waals surface area contributed by atoms with E-state index in [1.54, 1.807) is 12.2 Å². The minimum atomic E-state index is -0.109. The summed E-state index contributed by atoms with van der Waals surface area (Å²) >= 11 is 0. The summed E-state index contributed by atoms with van der Waals surface area (Å²) in [5, 5.41) is 2.99. The molecule has 1 amide bonds. The fourth-order valence-corrected chi connectivity index (χ4v) is 3.48. The molecule has 1 heterocycles. The molecule has 1 aliphatic rings. The van der Waals surface area contributed by atoms with Crippen LogP contribution >= 0.6 is 0 Å². The Morgan fingerprint density at radius 2 is 1.55 bits per heavy atom. The summed E-state index contributed by atoms with van der Waals surface area (Å²) in [6.07, 6.45) is 4.17. The third-order valence-corrected chi connectivity index (χ3v) is 4.96. The van der Waals surface area contributed by atoms with E-state index in [1.807, 2.05) is 30.3 Å². The number of carbonyl (C=O) groups excluding carboxylic acids is 1. The topological polar surface area (TPSA) is 47.6 Å². The van der Waals surface area contributed by atoms with E-state index in [1.165, 1.54) is 11.1 Å². The van der Waals surface area contributed by atoms with E-state index in [0.717, 1.165) is 17.7 Å². The van der Waals surface area contributed by atoms with Gasteiger partial charge in [0, 0.05) is 18.5 Å². The fourth-order valence-electron chi connectivity index (χ4n) is 3.48. The number of fused-ring (bicyclic) bond motifs is 1. The van der Waals surface area contributed by atoms with Crippen LogP contribution in [0.3, 0.4) is 0 Å². The number of amides is 1. The van der Waals surface area contributed by atoms with Crippen LogP contribution in [0.5, 0.6) is 11.5 Å². The van der Waals surface area contributed by atoms with Gasteiger partial charge in [-0.1, -0.05) is 66.7 Å². The molecule has 4 nitrogen and oxygen atoms in total. The molecule has 3 aromatic carbocycles. The Morgan fingerprint density at radius 1 is 0.897 bits per heavy atom. The molecule has 1 N–H and O–H groups in total. The SMILES string of the molecule is O=C(C=Cc1ccc2c(c1)OCO2)NCCC(c1ccccc1)c1ccccc1. The van der Waals surface area contributed by atoms with E-state index < -0.39 is 0 Å². The minimum Gasteiger partial charge on any atom is -0.454 e. The molecule has 0 aliphatic carbocycles. The molecule has 0 saturated carbocycles. The van der Waals surface area contributed by atoms with Gasteiger partial charge in [-0.3, -0.25) is 4.79 Å². The second-order valence-electron chi connectivity index (χ2n) is 6.90. The van der Waals surface area contributed by atoms with Crippen molar-refractivity contribution in [3.05, 3.63) is 102 Å². The molecule has 1 aliphatic heterocycles. The lowest BCUT2D eigenvalue weighted by Crippen LogP contribution is -2.23. The van der Waals surface area contributed by atoms with Gasteiger partial charge in [-0.2, -0.15) is 0 Å². The Balaban J connectivity index is 1.35. The Bertz CT molecular complexity index is 944. The number of rotatable bonds is 7. The third-order valence-electron chi connectivity index (χ3n) is 4.96. The molecule has 0 spiro atoms. The average Bonchev–Trinajstić information content (AvgIpc) is 3.24. The highest BCUT2D eigenvalue weighted by molar-refractivity contribution is 5.91. The molecular weight excluding hydrogens is 362 g/mol. The predicted molar refractivity (Wildman–Crippen MR) is 114 cm³/mol. The maximum absolute atomic E-state index is 12.3. The molecular formula is C25H23NO3. The van der Waals surface area contributed by atoms with Crippen LogP contribution in [0.1, 0.15) is 29.0 Å². The van der Waals surface area contributed by atoms with Crippen molar-refractivity contribution >= 4 is 12.0 Å². The molecule has 146 valence electrons. The first kappa shape index (κ1) is 18.8. The fraction of sp³-hybridized carbons (Fsp3) is 0.160. The number of nitrogens with one attached hydrogen (secondary N) is 1. The highest BCUT2D eigenvalue weighted by atomic mass is 16.7. The van der Waals surface area contributed by atoms with Gasteiger partial charge in [-0.05, 0) is 41.3 Å². The summed E-state index contributed by atoms with van der Waals surface area (Å²) in [5.41, 5.74) is 3.41. The second-order valence-corrected chi connectivity index (χ2v) is 6.90. The number of carbonyl (C=O) groups is 1. The van der Waals surface area contributed by atoms with Gasteiger partial charge in [-0.25, -0.2) is 0 Å². The van der Waals surface area contributed by atoms with Gasteiger partial charge in [0.05, 0.1) is 0 Å². The van der Waals surface area contributed by atoms with Crippen LogP contribution in [0.4, 0.5) is 0 Å². The summed E-state index contributed by atoms with van der Waals surface area (Å²) in [6.45, 7) is 0.839. The van der Waals surface area contributed by atoms with Gasteiger partial charge in [0.1, 0.15) is 0 Å². The molecule has 3 aromatic rings. The van der Waals surface area contributed by atoms with E-state index in [4.69, 9.17) is 9.47 Å². The molecule has 29 heavy (non-hydrogen) atoms. The lowest BCUT2D eigenvalue weighted by atomic mass is 9.88. The van der Waals surface area contributed by atoms with Gasteiger partial charge in [0.15, 0.2) is 11.5 Å². The van der Waals surface area contributed by atoms with E-state index in [0.29, 0.717) is 12.3 Å². The standard InChI is InChI=1S/C25H23NO3/c27-25(14-12-19-11-13-23-24(17-19)29-18-28-23)26-16-15-22(20-7-3-1-4-8-20)21-9-5-2-6-10-21/h1-14,17,22H,15-16,18H2,(H,26,27). The summed E-state index contributed by atoms with van der Waals surface area (Å²) in [6, 6.07) is 26.4. The van der Waals surface area contributed by atoms with Crippen molar-refractivity contribution in [2.45, 2.75) is 12.3 Å². The molecule has 0 aromatic heterocycles. The highest BCUT2D eigenvalue weighted by Gasteiger charge is 2.14. The van der Waals surface area contributed by atoms with Crippen LogP contribution < -0.4 is 14.8 Å². The summed E-state index contributed by atoms with van der Waals surface area (Å²) < 4.78 is 10.7. The first-order valence-corrected chi connectivity index (χ1v) is 9.75. The molecule has 0 bridgehead atoms. The van der Waals surface area contributed by atoms with E-state index in [2.05, 4.69) is 53.8 Å². The molecule has 0 saturated heterocycles. The quantitative estimate of drug-likeness (QED) is 0.596. The monoisotopic (exact) mass is 385 g/mol. The lowest BCUT2D eigenvalue weighted by Gasteiger charge is -2.18. The van der Waals surface area contributed by atoms with Gasteiger partial charge in [0.25, 0.3) is 0 Å². The van der Waals surface area contributed by atoms with Crippen molar-refractivity contribution in [2.24, 2.45) is 0 Å². The van der Waals surface area contributed by atoms with Crippen LogP contribution in [0.2, 0.25) is 0 Å². The van der Waals surface area contributed by atoms with E-state index >= 15 is 0 Å². The second kappa shape index (κ2) is 9.11. The molecule has 4 rings (SSSR count). The molecule has 0 fully saturated rings. The Hall–Kier alpha value is -3.53. The van der Waals surface area contributed by atoms with Crippen LogP contribution in [-0.2, 0) is 4.79 Å². The molecule has 0 atom stereocenters. The predicted octanol–water partition coefficient (Wildman–Crippen LogP) is 4.77. The van der Waals surface area contributed by atoms with Crippen molar-refractivity contribution in [1.82, 2.24) is 5.32 Å². The smallest absolute Gasteiger partial charge is 0.243 e. The van der Waals surface area contributed by atoms with Crippen molar-refractivity contribution in [2.75, 3.05) is 13.3 Å². The largest absolute Gasteiger partial charge is 0.454 e. The van der Waals surface area contributed by atoms with E-state index in [-0.39, 0.29) is 18.6 Å². The first-order chi connectivity index (χ1) is 14.3. The zero-order chi connectivity index (χ0) is 19.9. The number of hydrogen-bond acceptors (Lipinski definition) is 3. The molecule has 0 unspecified atom stereocenters. The van der Waals surface area contributed by atoms with Gasteiger partial charge in [0.2, 0.25) is 12.7 Å². The van der Waals surface area contributed by atoms with Crippen molar-refractivity contribution in [1.29, 1.82) is 0 Å². The average molecular weight is 385 g/mol. The highest BCUT2D eigenvalue weighted by Crippen LogP contribution is 2.32. The number of hydrogen-bond donors (Lipinski definition) is 1. The Labute approximate surface area is 170 Å². The number of benzene rings is 3. The lowest BCUT2D eigenvalue weighted by molar-refractivity contribution is -0.116. The normalized spacial score (nSPS) is 12.4. The van der Waals surface area contributed by atoms with Crippen LogP contribution in [0, 0.1) is 0 Å². The summed E-state index contributed by atoms with van der Waals surface area (Å²) in [7, 11) is 0. The van der Waals surface area contributed by atoms with Crippen LogP contribution in [0.15, 0.2) is 84.9 Å². The summed E-state index contributed by atoms with van der Waals surface area (Å²) in [5.74, 6) is 1.58. The molecule has 0 radical (unpaired) electrons. The van der Waals surface area contributed by atoms with Gasteiger partial charge in [-0.15, -0.1) is 0 Å². The zero-order valence-corrected chi connectivity index (χ0v) is 16.1. The zero-order valence-electron chi connectivity index (χ0n) is 16.1. The maximum Gasteiger partial charge on any atom is 0.243 e. The molecule has 4 heteroatoms. The summed E-state index contributed by atoms with van der Waals surface area (Å²) in [4.78, 5) is 12.3. The van der Waals surface area contributed by atoms with Crippen LogP contribution in [-0.4, -0.2) is 19.2 Å². The van der Waals surface area contributed by atoms with Gasteiger partial charge < -0.3 is 14.8 Å². The Kier molecular flexibility index (Phi) is 5.91. The Morgan fingerprint density at radius 3 is 2.24 bits per heavy atom. The third kappa shape index (κ3) is 4.85.